The molecule has 0 N–H and O–H groups in total. The van der Waals surface area contributed by atoms with Crippen LogP contribution in [0.5, 0.6) is 5.75 Å². The largest absolute Gasteiger partial charge is 0.497 e. The first-order valence-electron chi connectivity index (χ1n) is 8.10. The molecular weight excluding hydrogens is 343 g/mol. The van der Waals surface area contributed by atoms with Crippen LogP contribution in [0.4, 0.5) is 4.39 Å². The van der Waals surface area contributed by atoms with Gasteiger partial charge in [-0.2, -0.15) is 4.31 Å². The fraction of sp³-hybridized carbons (Fsp3) is 0.333. The topological polar surface area (TPSA) is 49.9 Å². The SMILES string of the molecule is COc1ccc(S(=O)(=O)N2CCN(Cc3ccc(F)cc3)CC2)cc1. The van der Waals surface area contributed by atoms with E-state index in [1.807, 2.05) is 0 Å². The highest BCUT2D eigenvalue weighted by molar-refractivity contribution is 7.89. The Morgan fingerprint density at radius 1 is 0.960 bits per heavy atom. The second kappa shape index (κ2) is 7.51. The van der Waals surface area contributed by atoms with Gasteiger partial charge in [0.05, 0.1) is 12.0 Å². The summed E-state index contributed by atoms with van der Waals surface area (Å²) in [5.74, 6) is 0.377. The van der Waals surface area contributed by atoms with Crippen molar-refractivity contribution in [2.45, 2.75) is 11.4 Å². The number of benzene rings is 2. The minimum absolute atomic E-state index is 0.251. The van der Waals surface area contributed by atoms with Crippen molar-refractivity contribution in [3.63, 3.8) is 0 Å². The maximum absolute atomic E-state index is 13.0. The fourth-order valence-electron chi connectivity index (χ4n) is 2.87. The van der Waals surface area contributed by atoms with E-state index >= 15 is 0 Å². The standard InChI is InChI=1S/C18H21FN2O3S/c1-24-17-6-8-18(9-7-17)25(22,23)21-12-10-20(11-13-21)14-15-2-4-16(19)5-3-15/h2-9H,10-14H2,1H3. The third kappa shape index (κ3) is 4.18. The van der Waals surface area contributed by atoms with E-state index in [9.17, 15) is 12.8 Å². The van der Waals surface area contributed by atoms with E-state index in [-0.39, 0.29) is 10.7 Å². The minimum atomic E-state index is -3.49. The van der Waals surface area contributed by atoms with Crippen molar-refractivity contribution in [1.29, 1.82) is 0 Å². The highest BCUT2D eigenvalue weighted by Crippen LogP contribution is 2.21. The molecule has 0 radical (unpaired) electrons. The third-order valence-electron chi connectivity index (χ3n) is 4.35. The highest BCUT2D eigenvalue weighted by atomic mass is 32.2. The molecule has 1 aliphatic heterocycles. The number of hydrogen-bond donors (Lipinski definition) is 0. The maximum Gasteiger partial charge on any atom is 0.243 e. The summed E-state index contributed by atoms with van der Waals surface area (Å²) in [4.78, 5) is 2.45. The molecule has 0 amide bonds. The Kier molecular flexibility index (Phi) is 5.36. The van der Waals surface area contributed by atoms with Crippen molar-refractivity contribution in [1.82, 2.24) is 9.21 Å². The summed E-state index contributed by atoms with van der Waals surface area (Å²) < 4.78 is 45.0. The normalized spacial score (nSPS) is 16.7. The van der Waals surface area contributed by atoms with E-state index in [2.05, 4.69) is 4.90 Å². The van der Waals surface area contributed by atoms with Crippen LogP contribution in [0.25, 0.3) is 0 Å². The zero-order valence-electron chi connectivity index (χ0n) is 14.1. The van der Waals surface area contributed by atoms with Crippen LogP contribution in [0.2, 0.25) is 0 Å². The average molecular weight is 364 g/mol. The lowest BCUT2D eigenvalue weighted by Crippen LogP contribution is -2.48. The van der Waals surface area contributed by atoms with Gasteiger partial charge < -0.3 is 4.74 Å². The molecule has 25 heavy (non-hydrogen) atoms. The Hall–Kier alpha value is -1.96. The van der Waals surface area contributed by atoms with Crippen molar-refractivity contribution in [3.8, 4) is 5.75 Å². The zero-order valence-corrected chi connectivity index (χ0v) is 14.9. The molecule has 5 nitrogen and oxygen atoms in total. The molecule has 2 aromatic rings. The predicted octanol–water partition coefficient (Wildman–Crippen LogP) is 2.34. The van der Waals surface area contributed by atoms with Gasteiger partial charge in [-0.3, -0.25) is 4.90 Å². The fourth-order valence-corrected chi connectivity index (χ4v) is 4.29. The molecule has 1 fully saturated rings. The van der Waals surface area contributed by atoms with Crippen molar-refractivity contribution in [3.05, 3.63) is 59.9 Å². The second-order valence-corrected chi connectivity index (χ2v) is 7.92. The van der Waals surface area contributed by atoms with Gasteiger partial charge in [0.25, 0.3) is 0 Å². The minimum Gasteiger partial charge on any atom is -0.497 e. The Balaban J connectivity index is 1.61. The quantitative estimate of drug-likeness (QED) is 0.817. The molecule has 0 aromatic heterocycles. The van der Waals surface area contributed by atoms with Crippen molar-refractivity contribution in [2.75, 3.05) is 33.3 Å². The highest BCUT2D eigenvalue weighted by Gasteiger charge is 2.28. The van der Waals surface area contributed by atoms with Gasteiger partial charge in [-0.15, -0.1) is 0 Å². The van der Waals surface area contributed by atoms with Crippen LogP contribution in [-0.2, 0) is 16.6 Å². The molecule has 0 bridgehead atoms. The van der Waals surface area contributed by atoms with Gasteiger partial charge in [0, 0.05) is 32.7 Å². The first-order valence-corrected chi connectivity index (χ1v) is 9.54. The summed E-state index contributed by atoms with van der Waals surface area (Å²) in [5, 5.41) is 0. The Morgan fingerprint density at radius 2 is 1.56 bits per heavy atom. The van der Waals surface area contributed by atoms with Gasteiger partial charge in [0.1, 0.15) is 11.6 Å². The molecule has 3 rings (SSSR count). The lowest BCUT2D eigenvalue weighted by atomic mass is 10.2. The van der Waals surface area contributed by atoms with Crippen LogP contribution in [0.1, 0.15) is 5.56 Å². The molecule has 1 aliphatic rings. The third-order valence-corrected chi connectivity index (χ3v) is 6.26. The van der Waals surface area contributed by atoms with Crippen LogP contribution >= 0.6 is 0 Å². The van der Waals surface area contributed by atoms with Crippen molar-refractivity contribution >= 4 is 10.0 Å². The summed E-state index contributed by atoms with van der Waals surface area (Å²) in [6.07, 6.45) is 0. The van der Waals surface area contributed by atoms with Gasteiger partial charge in [-0.25, -0.2) is 12.8 Å². The first kappa shape index (κ1) is 17.8. The van der Waals surface area contributed by atoms with Crippen molar-refractivity contribution in [2.24, 2.45) is 0 Å². The summed E-state index contributed by atoms with van der Waals surface area (Å²) in [6, 6.07) is 12.8. The molecule has 1 saturated heterocycles. The smallest absolute Gasteiger partial charge is 0.243 e. The van der Waals surface area contributed by atoms with Crippen LogP contribution in [0.3, 0.4) is 0 Å². The first-order chi connectivity index (χ1) is 12.0. The number of methoxy groups -OCH3 is 1. The lowest BCUT2D eigenvalue weighted by molar-refractivity contribution is 0.181. The summed E-state index contributed by atoms with van der Waals surface area (Å²) in [6.45, 7) is 2.86. The monoisotopic (exact) mass is 364 g/mol. The van der Waals surface area contributed by atoms with E-state index in [1.165, 1.54) is 16.4 Å². The van der Waals surface area contributed by atoms with E-state index in [0.29, 0.717) is 38.5 Å². The molecule has 1 heterocycles. The lowest BCUT2D eigenvalue weighted by Gasteiger charge is -2.34. The van der Waals surface area contributed by atoms with Gasteiger partial charge in [0.15, 0.2) is 0 Å². The Labute approximate surface area is 147 Å². The molecule has 0 aliphatic carbocycles. The van der Waals surface area contributed by atoms with Gasteiger partial charge in [-0.1, -0.05) is 12.1 Å². The second-order valence-electron chi connectivity index (χ2n) is 5.98. The molecule has 2 aromatic carbocycles. The number of rotatable bonds is 5. The Bertz CT molecular complexity index is 799. The molecule has 0 spiro atoms. The van der Waals surface area contributed by atoms with Crippen LogP contribution < -0.4 is 4.74 Å². The van der Waals surface area contributed by atoms with Crippen LogP contribution in [-0.4, -0.2) is 50.9 Å². The summed E-state index contributed by atoms with van der Waals surface area (Å²) in [7, 11) is -1.94. The maximum atomic E-state index is 13.0. The predicted molar refractivity (Wildman–Crippen MR) is 93.4 cm³/mol. The molecule has 7 heteroatoms. The van der Waals surface area contributed by atoms with Gasteiger partial charge in [0.2, 0.25) is 10.0 Å². The van der Waals surface area contributed by atoms with Gasteiger partial charge in [-0.05, 0) is 42.0 Å². The molecule has 0 unspecified atom stereocenters. The number of ether oxygens (including phenoxy) is 1. The average Bonchev–Trinajstić information content (AvgIpc) is 2.64. The van der Waals surface area contributed by atoms with Crippen LogP contribution in [0, 0.1) is 5.82 Å². The Morgan fingerprint density at radius 3 is 2.12 bits per heavy atom. The van der Waals surface area contributed by atoms with E-state index in [4.69, 9.17) is 4.74 Å². The summed E-state index contributed by atoms with van der Waals surface area (Å²) in [5.41, 5.74) is 1.02. The van der Waals surface area contributed by atoms with Crippen molar-refractivity contribution < 1.29 is 17.5 Å². The summed E-state index contributed by atoms with van der Waals surface area (Å²) >= 11 is 0. The molecule has 134 valence electrons. The van der Waals surface area contributed by atoms with E-state index < -0.39 is 10.0 Å². The number of nitrogens with zero attached hydrogens (tertiary/aromatic N) is 2. The van der Waals surface area contributed by atoms with Gasteiger partial charge >= 0.3 is 0 Å². The molecule has 0 saturated carbocycles. The number of piperazine rings is 1. The number of sulfonamides is 1. The van der Waals surface area contributed by atoms with Crippen LogP contribution in [0.15, 0.2) is 53.4 Å². The zero-order chi connectivity index (χ0) is 17.9. The number of halogens is 1. The number of hydrogen-bond acceptors (Lipinski definition) is 4. The van der Waals surface area contributed by atoms with E-state index in [1.54, 1.807) is 43.5 Å². The molecular formula is C18H21FN2O3S. The molecule has 0 atom stereocenters. The van der Waals surface area contributed by atoms with E-state index in [0.717, 1.165) is 5.56 Å².